The van der Waals surface area contributed by atoms with Crippen LogP contribution in [0.3, 0.4) is 0 Å². The standard InChI is InChI=1S/C28H27BrN4O5/c1-5-37-25-14-18(9-12-24(25)38-17-19-7-6-8-21(13-19)33(35)36)16-30-32-26(34)22-15-20(29)10-11-23(22)31-27(32)28(2,3)4/h6-16H,5,17H2,1-4H3. The fourth-order valence-electron chi connectivity index (χ4n) is 3.78. The van der Waals surface area contributed by atoms with E-state index in [0.29, 0.717) is 46.0 Å². The summed E-state index contributed by atoms with van der Waals surface area (Å²) < 4.78 is 13.8. The minimum Gasteiger partial charge on any atom is -0.490 e. The topological polar surface area (TPSA) is 109 Å². The highest BCUT2D eigenvalue weighted by atomic mass is 79.9. The molecule has 4 rings (SSSR count). The van der Waals surface area contributed by atoms with Crippen LogP contribution in [0.25, 0.3) is 10.9 Å². The molecular formula is C28H27BrN4O5. The number of rotatable bonds is 8. The van der Waals surface area contributed by atoms with E-state index >= 15 is 0 Å². The predicted octanol–water partition coefficient (Wildman–Crippen LogP) is 6.22. The number of nitrogens with zero attached hydrogens (tertiary/aromatic N) is 4. The molecule has 0 aliphatic carbocycles. The molecule has 0 radical (unpaired) electrons. The molecule has 1 heterocycles. The van der Waals surface area contributed by atoms with Gasteiger partial charge in [-0.3, -0.25) is 14.9 Å². The maximum Gasteiger partial charge on any atom is 0.282 e. The fraction of sp³-hybridized carbons (Fsp3) is 0.250. The van der Waals surface area contributed by atoms with Crippen molar-refractivity contribution in [3.05, 3.63) is 103 Å². The molecule has 0 amide bonds. The van der Waals surface area contributed by atoms with E-state index in [2.05, 4.69) is 21.0 Å². The van der Waals surface area contributed by atoms with Gasteiger partial charge in [0.05, 0.1) is 28.6 Å². The number of non-ortho nitro benzene ring substituents is 1. The van der Waals surface area contributed by atoms with Crippen LogP contribution in [0.2, 0.25) is 0 Å². The van der Waals surface area contributed by atoms with Crippen molar-refractivity contribution in [2.24, 2.45) is 5.10 Å². The quantitative estimate of drug-likeness (QED) is 0.139. The van der Waals surface area contributed by atoms with Crippen molar-refractivity contribution >= 4 is 38.7 Å². The van der Waals surface area contributed by atoms with E-state index < -0.39 is 10.3 Å². The van der Waals surface area contributed by atoms with Gasteiger partial charge in [0.2, 0.25) is 0 Å². The Labute approximate surface area is 228 Å². The first-order valence-electron chi connectivity index (χ1n) is 12.0. The van der Waals surface area contributed by atoms with Gasteiger partial charge in [0.15, 0.2) is 11.5 Å². The maximum atomic E-state index is 13.4. The monoisotopic (exact) mass is 578 g/mol. The van der Waals surface area contributed by atoms with Gasteiger partial charge in [-0.25, -0.2) is 4.98 Å². The van der Waals surface area contributed by atoms with Gasteiger partial charge in [-0.2, -0.15) is 9.78 Å². The lowest BCUT2D eigenvalue weighted by Gasteiger charge is -2.21. The van der Waals surface area contributed by atoms with Crippen molar-refractivity contribution in [2.45, 2.75) is 39.7 Å². The molecular weight excluding hydrogens is 552 g/mol. The van der Waals surface area contributed by atoms with E-state index in [1.54, 1.807) is 42.6 Å². The molecule has 9 nitrogen and oxygen atoms in total. The minimum absolute atomic E-state index is 0.00287. The Hall–Kier alpha value is -4.05. The SMILES string of the molecule is CCOc1cc(C=Nn2c(C(C)(C)C)nc3ccc(Br)cc3c2=O)ccc1OCc1cccc([N+](=O)[O-])c1. The van der Waals surface area contributed by atoms with Gasteiger partial charge in [0, 0.05) is 22.0 Å². The van der Waals surface area contributed by atoms with Gasteiger partial charge < -0.3 is 9.47 Å². The van der Waals surface area contributed by atoms with Crippen molar-refractivity contribution in [3.8, 4) is 11.5 Å². The second-order valence-corrected chi connectivity index (χ2v) is 10.5. The number of ether oxygens (including phenoxy) is 2. The third kappa shape index (κ3) is 6.08. The highest BCUT2D eigenvalue weighted by Crippen LogP contribution is 2.29. The molecule has 1 aromatic heterocycles. The van der Waals surface area contributed by atoms with Crippen LogP contribution in [0.1, 0.15) is 44.6 Å². The van der Waals surface area contributed by atoms with Gasteiger partial charge in [-0.1, -0.05) is 48.8 Å². The van der Waals surface area contributed by atoms with Gasteiger partial charge >= 0.3 is 0 Å². The second-order valence-electron chi connectivity index (χ2n) is 9.56. The molecule has 0 unspecified atom stereocenters. The number of hydrogen-bond acceptors (Lipinski definition) is 7. The molecule has 0 bridgehead atoms. The molecule has 0 N–H and O–H groups in total. The molecule has 3 aromatic carbocycles. The normalized spacial score (nSPS) is 11.7. The van der Waals surface area contributed by atoms with Crippen LogP contribution < -0.4 is 15.0 Å². The lowest BCUT2D eigenvalue weighted by atomic mass is 9.95. The molecule has 38 heavy (non-hydrogen) atoms. The van der Waals surface area contributed by atoms with Crippen molar-refractivity contribution in [3.63, 3.8) is 0 Å². The van der Waals surface area contributed by atoms with Crippen LogP contribution in [0.5, 0.6) is 11.5 Å². The lowest BCUT2D eigenvalue weighted by molar-refractivity contribution is -0.384. The van der Waals surface area contributed by atoms with E-state index in [9.17, 15) is 14.9 Å². The average molecular weight is 579 g/mol. The van der Waals surface area contributed by atoms with Crippen LogP contribution in [0, 0.1) is 10.1 Å². The molecule has 0 aliphatic heterocycles. The van der Waals surface area contributed by atoms with Crippen LogP contribution in [0.4, 0.5) is 5.69 Å². The molecule has 0 saturated carbocycles. The van der Waals surface area contributed by atoms with E-state index in [4.69, 9.17) is 14.5 Å². The van der Waals surface area contributed by atoms with Crippen molar-refractivity contribution in [1.82, 2.24) is 9.66 Å². The number of aromatic nitrogens is 2. The van der Waals surface area contributed by atoms with Crippen molar-refractivity contribution < 1.29 is 14.4 Å². The first-order valence-corrected chi connectivity index (χ1v) is 12.8. The molecule has 196 valence electrons. The first-order chi connectivity index (χ1) is 18.1. The highest BCUT2D eigenvalue weighted by Gasteiger charge is 2.23. The summed E-state index contributed by atoms with van der Waals surface area (Å²) in [5.41, 5.74) is 1.27. The molecule has 0 spiro atoms. The van der Waals surface area contributed by atoms with Gasteiger partial charge in [-0.15, -0.1) is 0 Å². The van der Waals surface area contributed by atoms with E-state index in [1.807, 2.05) is 39.8 Å². The zero-order chi connectivity index (χ0) is 27.4. The van der Waals surface area contributed by atoms with Crippen LogP contribution in [-0.4, -0.2) is 27.4 Å². The zero-order valence-electron chi connectivity index (χ0n) is 21.5. The summed E-state index contributed by atoms with van der Waals surface area (Å²) >= 11 is 3.42. The fourth-order valence-corrected chi connectivity index (χ4v) is 4.14. The van der Waals surface area contributed by atoms with Gasteiger partial charge in [-0.05, 0) is 54.4 Å². The first kappa shape index (κ1) is 27.0. The third-order valence-corrected chi connectivity index (χ3v) is 6.08. The van der Waals surface area contributed by atoms with Crippen LogP contribution in [-0.2, 0) is 12.0 Å². The zero-order valence-corrected chi connectivity index (χ0v) is 23.1. The number of benzene rings is 3. The second kappa shape index (κ2) is 11.1. The largest absolute Gasteiger partial charge is 0.490 e. The minimum atomic E-state index is -0.441. The summed E-state index contributed by atoms with van der Waals surface area (Å²) in [5.74, 6) is 1.52. The van der Waals surface area contributed by atoms with Crippen LogP contribution >= 0.6 is 15.9 Å². The number of fused-ring (bicyclic) bond motifs is 1. The predicted molar refractivity (Wildman–Crippen MR) is 150 cm³/mol. The molecule has 0 aliphatic rings. The van der Waals surface area contributed by atoms with Crippen molar-refractivity contribution in [2.75, 3.05) is 6.61 Å². The summed E-state index contributed by atoms with van der Waals surface area (Å²) in [6.07, 6.45) is 1.58. The molecule has 4 aromatic rings. The Kier molecular flexibility index (Phi) is 7.91. The number of nitro groups is 1. The van der Waals surface area contributed by atoms with E-state index in [1.165, 1.54) is 16.8 Å². The summed E-state index contributed by atoms with van der Waals surface area (Å²) in [5, 5.41) is 16.0. The average Bonchev–Trinajstić information content (AvgIpc) is 2.87. The number of halogens is 1. The molecule has 0 saturated heterocycles. The van der Waals surface area contributed by atoms with Gasteiger partial charge in [0.25, 0.3) is 11.2 Å². The number of hydrogen-bond donors (Lipinski definition) is 0. The summed E-state index contributed by atoms with van der Waals surface area (Å²) in [6.45, 7) is 8.34. The Morgan fingerprint density at radius 1 is 1.08 bits per heavy atom. The summed E-state index contributed by atoms with van der Waals surface area (Å²) in [4.78, 5) is 28.7. The maximum absolute atomic E-state index is 13.4. The number of nitro benzene ring substituents is 1. The Morgan fingerprint density at radius 2 is 1.87 bits per heavy atom. The highest BCUT2D eigenvalue weighted by molar-refractivity contribution is 9.10. The lowest BCUT2D eigenvalue weighted by Crippen LogP contribution is -2.29. The Balaban J connectivity index is 1.66. The van der Waals surface area contributed by atoms with Crippen molar-refractivity contribution in [1.29, 1.82) is 0 Å². The molecule has 0 atom stereocenters. The molecule has 0 fully saturated rings. The Bertz CT molecular complexity index is 1590. The van der Waals surface area contributed by atoms with E-state index in [-0.39, 0.29) is 17.9 Å². The third-order valence-electron chi connectivity index (χ3n) is 5.58. The summed E-state index contributed by atoms with van der Waals surface area (Å²) in [7, 11) is 0. The summed E-state index contributed by atoms with van der Waals surface area (Å²) in [6, 6.07) is 17.0. The Morgan fingerprint density at radius 3 is 2.58 bits per heavy atom. The van der Waals surface area contributed by atoms with Gasteiger partial charge in [0.1, 0.15) is 12.4 Å². The molecule has 10 heteroatoms. The smallest absolute Gasteiger partial charge is 0.282 e. The van der Waals surface area contributed by atoms with Crippen LogP contribution in [0.15, 0.2) is 75.0 Å². The van der Waals surface area contributed by atoms with E-state index in [0.717, 1.165) is 4.47 Å².